The zero-order valence-corrected chi connectivity index (χ0v) is 8.81. The summed E-state index contributed by atoms with van der Waals surface area (Å²) in [6.45, 7) is 1.76. The lowest BCUT2D eigenvalue weighted by Crippen LogP contribution is -1.82. The fourth-order valence-electron chi connectivity index (χ4n) is 1.64. The van der Waals surface area contributed by atoms with Crippen molar-refractivity contribution in [2.45, 2.75) is 6.92 Å². The summed E-state index contributed by atoms with van der Waals surface area (Å²) < 4.78 is 0. The van der Waals surface area contributed by atoms with Gasteiger partial charge in [0.05, 0.1) is 5.56 Å². The van der Waals surface area contributed by atoms with E-state index in [1.54, 1.807) is 25.1 Å². The number of hydrogen-bond acceptors (Lipinski definition) is 3. The van der Waals surface area contributed by atoms with E-state index in [0.717, 1.165) is 0 Å². The average molecular weight is 216 g/mol. The summed E-state index contributed by atoms with van der Waals surface area (Å²) in [5.74, 6) is 0.230. The highest BCUT2D eigenvalue weighted by Crippen LogP contribution is 2.38. The highest BCUT2D eigenvalue weighted by atomic mass is 16.3. The van der Waals surface area contributed by atoms with Gasteiger partial charge in [0.25, 0.3) is 0 Å². The van der Waals surface area contributed by atoms with Crippen molar-refractivity contribution in [1.82, 2.24) is 0 Å². The van der Waals surface area contributed by atoms with Crippen molar-refractivity contribution in [3.05, 3.63) is 42.0 Å². The molecule has 0 aliphatic rings. The maximum Gasteiger partial charge on any atom is 0.127 e. The molecule has 0 heterocycles. The SMILES string of the molecule is Cc1cc(-c2c(O)cccc2O)ccc1O. The summed E-state index contributed by atoms with van der Waals surface area (Å²) in [5.41, 5.74) is 1.75. The first-order chi connectivity index (χ1) is 7.59. The molecule has 2 aromatic rings. The topological polar surface area (TPSA) is 60.7 Å². The average Bonchev–Trinajstić information content (AvgIpc) is 2.23. The molecule has 0 atom stereocenters. The van der Waals surface area contributed by atoms with E-state index in [2.05, 4.69) is 0 Å². The zero-order chi connectivity index (χ0) is 11.7. The molecule has 16 heavy (non-hydrogen) atoms. The first-order valence-corrected chi connectivity index (χ1v) is 4.90. The summed E-state index contributed by atoms with van der Waals surface area (Å²) in [6.07, 6.45) is 0. The van der Waals surface area contributed by atoms with Crippen LogP contribution in [0.1, 0.15) is 5.56 Å². The molecule has 0 saturated carbocycles. The van der Waals surface area contributed by atoms with E-state index in [1.165, 1.54) is 18.2 Å². The molecule has 0 aromatic heterocycles. The second-order valence-corrected chi connectivity index (χ2v) is 3.67. The van der Waals surface area contributed by atoms with Crippen molar-refractivity contribution in [3.63, 3.8) is 0 Å². The number of aryl methyl sites for hydroxylation is 1. The van der Waals surface area contributed by atoms with Crippen molar-refractivity contribution in [2.24, 2.45) is 0 Å². The molecule has 82 valence electrons. The maximum absolute atomic E-state index is 9.68. The molecule has 0 bridgehead atoms. The number of benzene rings is 2. The molecule has 0 saturated heterocycles. The zero-order valence-electron chi connectivity index (χ0n) is 8.81. The first-order valence-electron chi connectivity index (χ1n) is 4.90. The molecular weight excluding hydrogens is 204 g/mol. The van der Waals surface area contributed by atoms with Gasteiger partial charge in [0.2, 0.25) is 0 Å². The number of hydrogen-bond donors (Lipinski definition) is 3. The van der Waals surface area contributed by atoms with Crippen LogP contribution in [0.15, 0.2) is 36.4 Å². The van der Waals surface area contributed by atoms with Crippen LogP contribution in [-0.4, -0.2) is 15.3 Å². The number of phenolic OH excluding ortho intramolecular Hbond substituents is 3. The smallest absolute Gasteiger partial charge is 0.127 e. The fraction of sp³-hybridized carbons (Fsp3) is 0.0769. The third kappa shape index (κ3) is 1.67. The van der Waals surface area contributed by atoms with Crippen LogP contribution < -0.4 is 0 Å². The van der Waals surface area contributed by atoms with Crippen molar-refractivity contribution in [2.75, 3.05) is 0 Å². The summed E-state index contributed by atoms with van der Waals surface area (Å²) in [6, 6.07) is 9.49. The minimum absolute atomic E-state index is 0.0186. The predicted molar refractivity (Wildman–Crippen MR) is 61.6 cm³/mol. The van der Waals surface area contributed by atoms with Crippen LogP contribution in [0.3, 0.4) is 0 Å². The van der Waals surface area contributed by atoms with Crippen LogP contribution in [0, 0.1) is 6.92 Å². The van der Waals surface area contributed by atoms with E-state index in [1.807, 2.05) is 0 Å². The van der Waals surface area contributed by atoms with Crippen LogP contribution in [0.2, 0.25) is 0 Å². The van der Waals surface area contributed by atoms with Gasteiger partial charge in [-0.25, -0.2) is 0 Å². The van der Waals surface area contributed by atoms with Gasteiger partial charge in [0.15, 0.2) is 0 Å². The van der Waals surface area contributed by atoms with E-state index >= 15 is 0 Å². The van der Waals surface area contributed by atoms with Gasteiger partial charge in [0, 0.05) is 0 Å². The Bertz CT molecular complexity index is 512. The van der Waals surface area contributed by atoms with Gasteiger partial charge in [-0.3, -0.25) is 0 Å². The van der Waals surface area contributed by atoms with E-state index in [9.17, 15) is 15.3 Å². The Balaban J connectivity index is 2.63. The molecule has 0 fully saturated rings. The third-order valence-electron chi connectivity index (χ3n) is 2.51. The number of rotatable bonds is 1. The Kier molecular flexibility index (Phi) is 2.44. The molecular formula is C13H12O3. The van der Waals surface area contributed by atoms with E-state index < -0.39 is 0 Å². The lowest BCUT2D eigenvalue weighted by molar-refractivity contribution is 0.454. The van der Waals surface area contributed by atoms with E-state index in [4.69, 9.17) is 0 Å². The maximum atomic E-state index is 9.68. The van der Waals surface area contributed by atoms with E-state index in [-0.39, 0.29) is 17.2 Å². The highest BCUT2D eigenvalue weighted by molar-refractivity contribution is 5.77. The standard InChI is InChI=1S/C13H12O3/c1-8-7-9(5-6-10(8)14)13-11(15)3-2-4-12(13)16/h2-7,14-16H,1H3. The lowest BCUT2D eigenvalue weighted by Gasteiger charge is -2.08. The van der Waals surface area contributed by atoms with Gasteiger partial charge in [-0.1, -0.05) is 12.1 Å². The Morgan fingerprint density at radius 2 is 1.44 bits per heavy atom. The van der Waals surface area contributed by atoms with Gasteiger partial charge in [0.1, 0.15) is 17.2 Å². The molecule has 0 unspecified atom stereocenters. The molecule has 3 heteroatoms. The van der Waals surface area contributed by atoms with Crippen LogP contribution in [0.4, 0.5) is 0 Å². The summed E-state index contributed by atoms with van der Waals surface area (Å²) in [5, 5.41) is 28.8. The van der Waals surface area contributed by atoms with Gasteiger partial charge in [-0.2, -0.15) is 0 Å². The third-order valence-corrected chi connectivity index (χ3v) is 2.51. The largest absolute Gasteiger partial charge is 0.508 e. The number of phenols is 3. The first kappa shape index (κ1) is 10.4. The van der Waals surface area contributed by atoms with Crippen LogP contribution in [0.25, 0.3) is 11.1 Å². The molecule has 2 rings (SSSR count). The molecule has 3 N–H and O–H groups in total. The monoisotopic (exact) mass is 216 g/mol. The summed E-state index contributed by atoms with van der Waals surface area (Å²) >= 11 is 0. The minimum Gasteiger partial charge on any atom is -0.508 e. The van der Waals surface area contributed by atoms with Gasteiger partial charge in [-0.15, -0.1) is 0 Å². The molecule has 3 nitrogen and oxygen atoms in total. The lowest BCUT2D eigenvalue weighted by atomic mass is 10.0. The van der Waals surface area contributed by atoms with Gasteiger partial charge >= 0.3 is 0 Å². The Morgan fingerprint density at radius 1 is 0.812 bits per heavy atom. The summed E-state index contributed by atoms with van der Waals surface area (Å²) in [4.78, 5) is 0. The minimum atomic E-state index is 0.0186. The van der Waals surface area contributed by atoms with Crippen molar-refractivity contribution in [3.8, 4) is 28.4 Å². The molecule has 0 radical (unpaired) electrons. The molecule has 0 aliphatic carbocycles. The summed E-state index contributed by atoms with van der Waals surface area (Å²) in [7, 11) is 0. The van der Waals surface area contributed by atoms with Crippen LogP contribution in [-0.2, 0) is 0 Å². The molecule has 0 spiro atoms. The fourth-order valence-corrected chi connectivity index (χ4v) is 1.64. The van der Waals surface area contributed by atoms with Crippen molar-refractivity contribution >= 4 is 0 Å². The van der Waals surface area contributed by atoms with Crippen molar-refractivity contribution < 1.29 is 15.3 Å². The Labute approximate surface area is 93.2 Å². The van der Waals surface area contributed by atoms with Gasteiger partial charge in [-0.05, 0) is 42.3 Å². The normalized spacial score (nSPS) is 10.3. The number of aromatic hydroxyl groups is 3. The molecule has 2 aromatic carbocycles. The molecule has 0 amide bonds. The van der Waals surface area contributed by atoms with Crippen molar-refractivity contribution in [1.29, 1.82) is 0 Å². The van der Waals surface area contributed by atoms with E-state index in [0.29, 0.717) is 16.7 Å². The Hall–Kier alpha value is -2.16. The van der Waals surface area contributed by atoms with Crippen LogP contribution in [0.5, 0.6) is 17.2 Å². The Morgan fingerprint density at radius 3 is 2.00 bits per heavy atom. The highest BCUT2D eigenvalue weighted by Gasteiger charge is 2.10. The predicted octanol–water partition coefficient (Wildman–Crippen LogP) is 2.78. The second kappa shape index (κ2) is 3.77. The van der Waals surface area contributed by atoms with Gasteiger partial charge < -0.3 is 15.3 Å². The van der Waals surface area contributed by atoms with Crippen LogP contribution >= 0.6 is 0 Å². The molecule has 0 aliphatic heterocycles. The quantitative estimate of drug-likeness (QED) is 0.686. The second-order valence-electron chi connectivity index (χ2n) is 3.67.